The van der Waals surface area contributed by atoms with Crippen molar-refractivity contribution in [1.82, 2.24) is 5.16 Å². The van der Waals surface area contributed by atoms with Crippen LogP contribution in [-0.2, 0) is 11.4 Å². The van der Waals surface area contributed by atoms with Gasteiger partial charge in [-0.15, -0.1) is 0 Å². The van der Waals surface area contributed by atoms with Crippen molar-refractivity contribution in [1.29, 1.82) is 0 Å². The van der Waals surface area contributed by atoms with Crippen LogP contribution >= 0.6 is 0 Å². The molecule has 5 heteroatoms. The van der Waals surface area contributed by atoms with Crippen molar-refractivity contribution in [2.75, 3.05) is 0 Å². The van der Waals surface area contributed by atoms with Gasteiger partial charge in [-0.25, -0.2) is 0 Å². The lowest BCUT2D eigenvalue weighted by molar-refractivity contribution is -0.138. The summed E-state index contributed by atoms with van der Waals surface area (Å²) in [5.41, 5.74) is 0.934. The Kier molecular flexibility index (Phi) is 4.42. The summed E-state index contributed by atoms with van der Waals surface area (Å²) in [6.07, 6.45) is 1.94. The van der Waals surface area contributed by atoms with Gasteiger partial charge in [0.05, 0.1) is 5.92 Å². The Balaban J connectivity index is 1.51. The number of aromatic nitrogens is 1. The largest absolute Gasteiger partial charge is 0.470 e. The number of carbonyl (C=O) groups excluding carboxylic acids is 2. The third-order valence-corrected chi connectivity index (χ3v) is 8.29. The average molecular weight is 408 g/mol. The highest BCUT2D eigenvalue weighted by molar-refractivity contribution is 6.15. The fourth-order valence-electron chi connectivity index (χ4n) is 6.58. The van der Waals surface area contributed by atoms with Crippen LogP contribution in [-0.4, -0.2) is 16.7 Å². The molecular weight excluding hydrogens is 378 g/mol. The Morgan fingerprint density at radius 2 is 1.87 bits per heavy atom. The van der Waals surface area contributed by atoms with Crippen LogP contribution in [0.5, 0.6) is 5.88 Å². The Hall–Kier alpha value is -2.43. The number of Topliss-reactive ketones (excluding diaryl/α,β-unsaturated/α-hetero) is 2. The highest BCUT2D eigenvalue weighted by Crippen LogP contribution is 2.62. The van der Waals surface area contributed by atoms with Gasteiger partial charge in [0.15, 0.2) is 11.5 Å². The molecule has 5 rings (SSSR count). The molecule has 1 aromatic heterocycles. The minimum atomic E-state index is -0.632. The minimum absolute atomic E-state index is 0.00989. The molecule has 0 aliphatic heterocycles. The van der Waals surface area contributed by atoms with E-state index in [0.29, 0.717) is 35.7 Å². The van der Waals surface area contributed by atoms with Crippen molar-refractivity contribution >= 4 is 11.6 Å². The van der Waals surface area contributed by atoms with Gasteiger partial charge in [-0.3, -0.25) is 9.59 Å². The van der Waals surface area contributed by atoms with Gasteiger partial charge in [0.25, 0.3) is 5.88 Å². The van der Waals surface area contributed by atoms with E-state index in [4.69, 9.17) is 9.26 Å². The van der Waals surface area contributed by atoms with E-state index in [0.717, 1.165) is 18.4 Å². The molecule has 0 spiro atoms. The molecule has 0 saturated heterocycles. The van der Waals surface area contributed by atoms with Gasteiger partial charge >= 0.3 is 0 Å². The molecule has 7 unspecified atom stereocenters. The number of ketones is 2. The molecule has 2 fully saturated rings. The van der Waals surface area contributed by atoms with Gasteiger partial charge in [0.1, 0.15) is 18.0 Å². The van der Waals surface area contributed by atoms with Crippen LogP contribution in [0.25, 0.3) is 0 Å². The fraction of sp³-hybridized carbons (Fsp3) is 0.560. The number of benzene rings is 1. The van der Waals surface area contributed by atoms with Crippen molar-refractivity contribution in [3.63, 3.8) is 0 Å². The molecule has 2 aromatic rings. The molecule has 3 aliphatic rings. The highest BCUT2D eigenvalue weighted by Gasteiger charge is 2.63. The van der Waals surface area contributed by atoms with Gasteiger partial charge in [0.2, 0.25) is 0 Å². The second-order valence-electron chi connectivity index (χ2n) is 10.0. The quantitative estimate of drug-likeness (QED) is 0.666. The second-order valence-corrected chi connectivity index (χ2v) is 10.0. The lowest BCUT2D eigenvalue weighted by Gasteiger charge is -2.50. The van der Waals surface area contributed by atoms with E-state index >= 15 is 0 Å². The molecule has 2 saturated carbocycles. The molecule has 7 atom stereocenters. The van der Waals surface area contributed by atoms with E-state index in [1.165, 1.54) is 0 Å². The summed E-state index contributed by atoms with van der Waals surface area (Å²) in [7, 11) is 0. The third kappa shape index (κ3) is 2.63. The Bertz CT molecular complexity index is 996. The number of rotatable bonds is 3. The Morgan fingerprint density at radius 3 is 2.60 bits per heavy atom. The molecule has 0 bridgehead atoms. The van der Waals surface area contributed by atoms with Crippen molar-refractivity contribution in [3.05, 3.63) is 47.2 Å². The molecule has 3 aliphatic carbocycles. The van der Waals surface area contributed by atoms with Crippen LogP contribution in [0.15, 0.2) is 34.9 Å². The lowest BCUT2D eigenvalue weighted by atomic mass is 9.50. The maximum atomic E-state index is 13.7. The molecule has 0 N–H and O–H groups in total. The summed E-state index contributed by atoms with van der Waals surface area (Å²) in [6.45, 7) is 8.89. The second kappa shape index (κ2) is 6.79. The SMILES string of the molecule is CC1CC(C)C2C(=O)C3C(=O)c4c(OCc5ccccc5)noc4C(C)C3(C)CC12. The van der Waals surface area contributed by atoms with Gasteiger partial charge < -0.3 is 9.26 Å². The third-order valence-electron chi connectivity index (χ3n) is 8.29. The first-order valence-corrected chi connectivity index (χ1v) is 11.1. The molecule has 5 nitrogen and oxygen atoms in total. The number of carbonyl (C=O) groups is 2. The highest BCUT2D eigenvalue weighted by atomic mass is 16.5. The van der Waals surface area contributed by atoms with E-state index in [1.807, 2.05) is 30.3 Å². The normalized spacial score (nSPS) is 37.5. The van der Waals surface area contributed by atoms with E-state index in [2.05, 4.69) is 32.9 Å². The van der Waals surface area contributed by atoms with Gasteiger partial charge in [-0.05, 0) is 46.7 Å². The zero-order chi connectivity index (χ0) is 21.2. The van der Waals surface area contributed by atoms with Crippen LogP contribution in [0.4, 0.5) is 0 Å². The molecule has 0 amide bonds. The smallest absolute Gasteiger partial charge is 0.265 e. The molecular formula is C25H29NO4. The summed E-state index contributed by atoms with van der Waals surface area (Å²) in [5, 5.41) is 4.10. The number of hydrogen-bond donors (Lipinski definition) is 0. The van der Waals surface area contributed by atoms with Crippen LogP contribution in [0, 0.1) is 35.0 Å². The van der Waals surface area contributed by atoms with Gasteiger partial charge in [0, 0.05) is 11.8 Å². The molecule has 1 heterocycles. The standard InChI is InChI=1S/C25H29NO4/c1-13-10-14(2)18-17(13)11-25(4)15(3)23-19(22(28)20(25)21(18)27)24(26-30-23)29-12-16-8-6-5-7-9-16/h5-9,13-15,17-18,20H,10-12H2,1-4H3. The van der Waals surface area contributed by atoms with Gasteiger partial charge in [-0.2, -0.15) is 0 Å². The monoisotopic (exact) mass is 407 g/mol. The summed E-state index contributed by atoms with van der Waals surface area (Å²) in [4.78, 5) is 27.3. The minimum Gasteiger partial charge on any atom is -0.470 e. The predicted molar refractivity (Wildman–Crippen MR) is 111 cm³/mol. The van der Waals surface area contributed by atoms with Crippen molar-refractivity contribution in [2.45, 2.75) is 53.1 Å². The first-order valence-electron chi connectivity index (χ1n) is 11.1. The predicted octanol–water partition coefficient (Wildman–Crippen LogP) is 5.06. The van der Waals surface area contributed by atoms with E-state index in [1.54, 1.807) is 0 Å². The van der Waals surface area contributed by atoms with Gasteiger partial charge in [-0.1, -0.05) is 58.0 Å². The fourth-order valence-corrected chi connectivity index (χ4v) is 6.58. The van der Waals surface area contributed by atoms with Crippen LogP contribution in [0.3, 0.4) is 0 Å². The first-order chi connectivity index (χ1) is 14.3. The average Bonchev–Trinajstić information content (AvgIpc) is 3.26. The molecule has 158 valence electrons. The number of ether oxygens (including phenoxy) is 1. The van der Waals surface area contributed by atoms with Crippen LogP contribution in [0.1, 0.15) is 68.1 Å². The first kappa shape index (κ1) is 19.5. The topological polar surface area (TPSA) is 69.4 Å². The summed E-state index contributed by atoms with van der Waals surface area (Å²) < 4.78 is 11.5. The van der Waals surface area contributed by atoms with Crippen molar-refractivity contribution in [2.24, 2.45) is 35.0 Å². The number of nitrogens with zero attached hydrogens (tertiary/aromatic N) is 1. The molecule has 30 heavy (non-hydrogen) atoms. The number of hydrogen-bond acceptors (Lipinski definition) is 5. The maximum Gasteiger partial charge on any atom is 0.265 e. The van der Waals surface area contributed by atoms with E-state index in [-0.39, 0.29) is 29.3 Å². The maximum absolute atomic E-state index is 13.7. The zero-order valence-corrected chi connectivity index (χ0v) is 18.1. The van der Waals surface area contributed by atoms with Crippen molar-refractivity contribution in [3.8, 4) is 5.88 Å². The summed E-state index contributed by atoms with van der Waals surface area (Å²) >= 11 is 0. The zero-order valence-electron chi connectivity index (χ0n) is 18.1. The van der Waals surface area contributed by atoms with Crippen molar-refractivity contribution < 1.29 is 18.8 Å². The van der Waals surface area contributed by atoms with E-state index in [9.17, 15) is 9.59 Å². The molecule has 1 aromatic carbocycles. The van der Waals surface area contributed by atoms with E-state index < -0.39 is 11.3 Å². The Morgan fingerprint density at radius 1 is 1.13 bits per heavy atom. The van der Waals surface area contributed by atoms with Crippen LogP contribution < -0.4 is 4.74 Å². The lowest BCUT2D eigenvalue weighted by Crippen LogP contribution is -2.54. The summed E-state index contributed by atoms with van der Waals surface area (Å²) in [5.74, 6) is 1.25. The number of fused-ring (bicyclic) bond motifs is 3. The Labute approximate surface area is 177 Å². The molecule has 0 radical (unpaired) electrons. The summed E-state index contributed by atoms with van der Waals surface area (Å²) in [6, 6.07) is 9.75. The van der Waals surface area contributed by atoms with Crippen LogP contribution in [0.2, 0.25) is 0 Å².